The smallest absolute Gasteiger partial charge is 0.410 e. The number of nitrogens with zero attached hydrogens (tertiary/aromatic N) is 1. The predicted octanol–water partition coefficient (Wildman–Crippen LogP) is 8.86. The summed E-state index contributed by atoms with van der Waals surface area (Å²) < 4.78 is 17.7. The number of fused-ring (bicyclic) bond motifs is 1. The summed E-state index contributed by atoms with van der Waals surface area (Å²) in [5, 5.41) is 2.88. The van der Waals surface area contributed by atoms with Crippen molar-refractivity contribution in [2.24, 2.45) is 0 Å². The van der Waals surface area contributed by atoms with Gasteiger partial charge in [0.15, 0.2) is 0 Å². The molecule has 5 rings (SSSR count). The number of benzene rings is 4. The lowest BCUT2D eigenvalue weighted by Gasteiger charge is -2.39. The van der Waals surface area contributed by atoms with Gasteiger partial charge in [0.05, 0.1) is 41.5 Å². The van der Waals surface area contributed by atoms with Crippen LogP contribution in [-0.4, -0.2) is 48.4 Å². The van der Waals surface area contributed by atoms with Crippen molar-refractivity contribution in [1.82, 2.24) is 4.90 Å². The summed E-state index contributed by atoms with van der Waals surface area (Å²) in [6.07, 6.45) is 0.762. The fourth-order valence-electron chi connectivity index (χ4n) is 5.45. The van der Waals surface area contributed by atoms with Crippen molar-refractivity contribution in [2.75, 3.05) is 19.7 Å². The molecule has 2 atom stereocenters. The van der Waals surface area contributed by atoms with E-state index in [9.17, 15) is 9.59 Å². The van der Waals surface area contributed by atoms with Crippen molar-refractivity contribution in [3.63, 3.8) is 0 Å². The van der Waals surface area contributed by atoms with Gasteiger partial charge in [0.1, 0.15) is 5.60 Å². The third-order valence-corrected chi connectivity index (χ3v) is 8.32. The van der Waals surface area contributed by atoms with Gasteiger partial charge < -0.3 is 19.1 Å². The van der Waals surface area contributed by atoms with Crippen LogP contribution in [0.4, 0.5) is 4.79 Å². The van der Waals surface area contributed by atoms with E-state index in [4.69, 9.17) is 37.4 Å². The molecule has 1 aliphatic rings. The standard InChI is InChI=1S/C36H37Cl2NO5/c1-36(2,3)44-35(41)39-19-17-29(32(22-39)43-23-25-13-14-26-7-4-5-8-28(26)21-25)27-15-11-24(12-16-27)18-20-42-34(40)33-30(37)9-6-10-31(33)38/h4-16,21,29,32H,17-20,22-23H2,1-3H3. The molecule has 0 saturated carbocycles. The van der Waals surface area contributed by atoms with Gasteiger partial charge in [0, 0.05) is 18.9 Å². The molecule has 0 radical (unpaired) electrons. The zero-order valence-electron chi connectivity index (χ0n) is 25.2. The summed E-state index contributed by atoms with van der Waals surface area (Å²) in [5.41, 5.74) is 2.87. The van der Waals surface area contributed by atoms with Gasteiger partial charge in [-0.2, -0.15) is 0 Å². The molecule has 4 aromatic rings. The second-order valence-electron chi connectivity index (χ2n) is 12.1. The Morgan fingerprint density at radius 1 is 0.864 bits per heavy atom. The molecule has 0 aliphatic carbocycles. The number of piperidine rings is 1. The molecule has 44 heavy (non-hydrogen) atoms. The van der Waals surface area contributed by atoms with Crippen LogP contribution in [-0.2, 0) is 27.2 Å². The molecule has 0 bridgehead atoms. The van der Waals surface area contributed by atoms with E-state index < -0.39 is 11.6 Å². The first kappa shape index (κ1) is 31.8. The van der Waals surface area contributed by atoms with E-state index in [0.29, 0.717) is 26.1 Å². The molecule has 1 aliphatic heterocycles. The Morgan fingerprint density at radius 2 is 1.55 bits per heavy atom. The first-order valence-electron chi connectivity index (χ1n) is 14.8. The normalized spacial score (nSPS) is 17.0. The van der Waals surface area contributed by atoms with Crippen LogP contribution >= 0.6 is 23.2 Å². The number of likely N-dealkylation sites (tertiary alicyclic amines) is 1. The van der Waals surface area contributed by atoms with Gasteiger partial charge >= 0.3 is 12.1 Å². The highest BCUT2D eigenvalue weighted by Crippen LogP contribution is 2.32. The molecule has 6 nitrogen and oxygen atoms in total. The Balaban J connectivity index is 1.25. The average molecular weight is 635 g/mol. The maximum atomic E-state index is 12.9. The maximum Gasteiger partial charge on any atom is 0.410 e. The summed E-state index contributed by atoms with van der Waals surface area (Å²) in [6, 6.07) is 27.8. The quantitative estimate of drug-likeness (QED) is 0.181. The molecular formula is C36H37Cl2NO5. The minimum absolute atomic E-state index is 0.100. The number of hydrogen-bond donors (Lipinski definition) is 0. The molecule has 4 aromatic carbocycles. The van der Waals surface area contributed by atoms with E-state index in [0.717, 1.165) is 23.1 Å². The molecular weight excluding hydrogens is 597 g/mol. The zero-order valence-corrected chi connectivity index (χ0v) is 26.7. The summed E-state index contributed by atoms with van der Waals surface area (Å²) in [4.78, 5) is 27.2. The lowest BCUT2D eigenvalue weighted by Crippen LogP contribution is -2.48. The molecule has 2 unspecified atom stereocenters. The molecule has 0 spiro atoms. The zero-order chi connectivity index (χ0) is 31.3. The van der Waals surface area contributed by atoms with E-state index >= 15 is 0 Å². The first-order valence-corrected chi connectivity index (χ1v) is 15.6. The van der Waals surface area contributed by atoms with Crippen LogP contribution in [0.15, 0.2) is 84.9 Å². The third-order valence-electron chi connectivity index (χ3n) is 7.69. The summed E-state index contributed by atoms with van der Waals surface area (Å²) >= 11 is 12.3. The Hall–Kier alpha value is -3.58. The largest absolute Gasteiger partial charge is 0.462 e. The summed E-state index contributed by atoms with van der Waals surface area (Å²) in [5.74, 6) is -0.441. The van der Waals surface area contributed by atoms with Crippen molar-refractivity contribution < 1.29 is 23.8 Å². The van der Waals surface area contributed by atoms with E-state index in [-0.39, 0.29) is 40.3 Å². The van der Waals surface area contributed by atoms with Crippen molar-refractivity contribution in [1.29, 1.82) is 0 Å². The molecule has 1 fully saturated rings. The van der Waals surface area contributed by atoms with E-state index in [2.05, 4.69) is 42.5 Å². The van der Waals surface area contributed by atoms with Crippen LogP contribution in [0.3, 0.4) is 0 Å². The van der Waals surface area contributed by atoms with Crippen LogP contribution in [0.25, 0.3) is 10.8 Å². The second-order valence-corrected chi connectivity index (χ2v) is 12.9. The van der Waals surface area contributed by atoms with Gasteiger partial charge in [0.2, 0.25) is 0 Å². The number of halogens is 2. The van der Waals surface area contributed by atoms with Crippen LogP contribution in [0.1, 0.15) is 60.2 Å². The van der Waals surface area contributed by atoms with Crippen LogP contribution in [0, 0.1) is 0 Å². The number of amides is 1. The third kappa shape index (κ3) is 8.12. The Kier molecular flexibility index (Phi) is 10.1. The fraction of sp³-hybridized carbons (Fsp3) is 0.333. The Morgan fingerprint density at radius 3 is 2.25 bits per heavy atom. The monoisotopic (exact) mass is 633 g/mol. The molecule has 0 N–H and O–H groups in total. The van der Waals surface area contributed by atoms with Crippen molar-refractivity contribution >= 4 is 46.0 Å². The lowest BCUT2D eigenvalue weighted by molar-refractivity contribution is -0.0359. The van der Waals surface area contributed by atoms with Gasteiger partial charge in [-0.25, -0.2) is 9.59 Å². The highest BCUT2D eigenvalue weighted by molar-refractivity contribution is 6.39. The van der Waals surface area contributed by atoms with Gasteiger partial charge in [-0.1, -0.05) is 89.9 Å². The van der Waals surface area contributed by atoms with Crippen molar-refractivity contribution in [3.8, 4) is 0 Å². The van der Waals surface area contributed by atoms with Gasteiger partial charge in [0.25, 0.3) is 0 Å². The number of esters is 1. The molecule has 1 heterocycles. The topological polar surface area (TPSA) is 65.1 Å². The van der Waals surface area contributed by atoms with E-state index in [1.807, 2.05) is 45.0 Å². The van der Waals surface area contributed by atoms with Crippen molar-refractivity contribution in [3.05, 3.63) is 117 Å². The van der Waals surface area contributed by atoms with Crippen LogP contribution in [0.2, 0.25) is 10.0 Å². The lowest BCUT2D eigenvalue weighted by atomic mass is 9.86. The highest BCUT2D eigenvalue weighted by atomic mass is 35.5. The predicted molar refractivity (Wildman–Crippen MR) is 175 cm³/mol. The van der Waals surface area contributed by atoms with E-state index in [1.54, 1.807) is 23.1 Å². The average Bonchev–Trinajstić information content (AvgIpc) is 2.99. The molecule has 8 heteroatoms. The second kappa shape index (κ2) is 14.0. The summed E-state index contributed by atoms with van der Waals surface area (Å²) in [7, 11) is 0. The number of carbonyl (C=O) groups is 2. The number of hydrogen-bond acceptors (Lipinski definition) is 5. The number of rotatable bonds is 8. The number of ether oxygens (including phenoxy) is 3. The van der Waals surface area contributed by atoms with Crippen molar-refractivity contribution in [2.45, 2.75) is 57.8 Å². The van der Waals surface area contributed by atoms with Crippen LogP contribution < -0.4 is 0 Å². The molecule has 1 saturated heterocycles. The SMILES string of the molecule is CC(C)(C)OC(=O)N1CCC(c2ccc(CCOC(=O)c3c(Cl)cccc3Cl)cc2)C(OCc2ccc3ccccc3c2)C1. The van der Waals surface area contributed by atoms with Crippen LogP contribution in [0.5, 0.6) is 0 Å². The molecule has 0 aromatic heterocycles. The minimum atomic E-state index is -0.570. The highest BCUT2D eigenvalue weighted by Gasteiger charge is 2.35. The first-order chi connectivity index (χ1) is 21.1. The number of carbonyl (C=O) groups excluding carboxylic acids is 2. The Labute approximate surface area is 268 Å². The minimum Gasteiger partial charge on any atom is -0.462 e. The Bertz CT molecular complexity index is 1600. The maximum absolute atomic E-state index is 12.9. The fourth-order valence-corrected chi connectivity index (χ4v) is 6.00. The van der Waals surface area contributed by atoms with Gasteiger partial charge in [-0.3, -0.25) is 0 Å². The van der Waals surface area contributed by atoms with E-state index in [1.165, 1.54) is 10.8 Å². The molecule has 230 valence electrons. The van der Waals surface area contributed by atoms with Gasteiger partial charge in [-0.05, 0) is 72.9 Å². The van der Waals surface area contributed by atoms with Gasteiger partial charge in [-0.15, -0.1) is 0 Å². The molecule has 1 amide bonds. The summed E-state index contributed by atoms with van der Waals surface area (Å²) in [6.45, 7) is 7.28.